The predicted molar refractivity (Wildman–Crippen MR) is 215 cm³/mol. The first-order valence-corrected chi connectivity index (χ1v) is 17.4. The maximum absolute atomic E-state index is 5.03. The van der Waals surface area contributed by atoms with E-state index in [1.54, 1.807) is 0 Å². The van der Waals surface area contributed by atoms with Crippen molar-refractivity contribution in [2.75, 3.05) is 0 Å². The lowest BCUT2D eigenvalue weighted by Gasteiger charge is -2.21. The molecule has 1 heterocycles. The van der Waals surface area contributed by atoms with E-state index in [1.165, 1.54) is 33.4 Å². The van der Waals surface area contributed by atoms with Gasteiger partial charge in [-0.15, -0.1) is 0 Å². The summed E-state index contributed by atoms with van der Waals surface area (Å²) in [4.78, 5) is 9.99. The van der Waals surface area contributed by atoms with Crippen LogP contribution in [0.3, 0.4) is 0 Å². The number of hydrogen-bond donors (Lipinski definition) is 0. The first-order valence-electron chi connectivity index (χ1n) is 17.4. The van der Waals surface area contributed by atoms with Gasteiger partial charge in [-0.3, -0.25) is 0 Å². The van der Waals surface area contributed by atoms with Crippen LogP contribution in [0.2, 0.25) is 0 Å². The fourth-order valence-corrected chi connectivity index (χ4v) is 7.26. The van der Waals surface area contributed by atoms with Gasteiger partial charge in [0.2, 0.25) is 0 Å². The van der Waals surface area contributed by atoms with Crippen LogP contribution in [0, 0.1) is 0 Å². The first kappa shape index (κ1) is 31.9. The van der Waals surface area contributed by atoms with Crippen LogP contribution in [0.1, 0.15) is 36.1 Å². The number of rotatable bonds is 8. The quantitative estimate of drug-likeness (QED) is 0.152. The predicted octanol–water partition coefficient (Wildman–Crippen LogP) is 12.7. The smallest absolute Gasteiger partial charge is 0.160 e. The molecule has 0 radical (unpaired) electrons. The van der Waals surface area contributed by atoms with Crippen LogP contribution in [-0.2, 0) is 5.41 Å². The molecular formula is C49H38N2. The summed E-state index contributed by atoms with van der Waals surface area (Å²) in [5.74, 6) is 0.696. The van der Waals surface area contributed by atoms with E-state index in [9.17, 15) is 0 Å². The van der Waals surface area contributed by atoms with Crippen LogP contribution in [0.25, 0.3) is 67.3 Å². The molecular weight excluding hydrogens is 617 g/mol. The summed E-state index contributed by atoms with van der Waals surface area (Å²) in [6.45, 7) is 13.3. The number of aromatic nitrogens is 2. The van der Waals surface area contributed by atoms with Crippen LogP contribution in [0.5, 0.6) is 0 Å². The van der Waals surface area contributed by atoms with Crippen molar-refractivity contribution in [2.24, 2.45) is 0 Å². The van der Waals surface area contributed by atoms with Gasteiger partial charge < -0.3 is 0 Å². The lowest BCUT2D eigenvalue weighted by molar-refractivity contribution is 0.660. The highest BCUT2D eigenvalue weighted by Crippen LogP contribution is 2.49. The van der Waals surface area contributed by atoms with Crippen molar-refractivity contribution in [3.05, 3.63) is 205 Å². The Kier molecular flexibility index (Phi) is 8.22. The zero-order valence-electron chi connectivity index (χ0n) is 29.0. The van der Waals surface area contributed by atoms with Crippen molar-refractivity contribution in [3.8, 4) is 56.2 Å². The molecule has 1 aliphatic rings. The summed E-state index contributed by atoms with van der Waals surface area (Å²) in [7, 11) is 0. The zero-order valence-corrected chi connectivity index (χ0v) is 29.0. The van der Waals surface area contributed by atoms with Crippen molar-refractivity contribution >= 4 is 11.1 Å². The Morgan fingerprint density at radius 1 is 0.510 bits per heavy atom. The normalized spacial score (nSPS) is 12.9. The second-order valence-corrected chi connectivity index (χ2v) is 13.6. The van der Waals surface area contributed by atoms with Gasteiger partial charge in [0.25, 0.3) is 0 Å². The SMILES string of the molecule is C=C/C(=C\C(=C)c1cccc(-c2cc(-c3ccccc3)nc(-c3ccccc3)n2)c1)c1cccc(-c2ccc3c(c2)-c2ccccc2C3(C)C)c1. The van der Waals surface area contributed by atoms with Gasteiger partial charge >= 0.3 is 0 Å². The Morgan fingerprint density at radius 3 is 1.82 bits per heavy atom. The number of fused-ring (bicyclic) bond motifs is 3. The Labute approximate surface area is 300 Å². The summed E-state index contributed by atoms with van der Waals surface area (Å²) in [6.07, 6.45) is 4.04. The van der Waals surface area contributed by atoms with Gasteiger partial charge in [0.05, 0.1) is 11.4 Å². The minimum absolute atomic E-state index is 0.00938. The third-order valence-electron chi connectivity index (χ3n) is 10.0. The molecule has 244 valence electrons. The molecule has 6 aromatic carbocycles. The number of allylic oxidation sites excluding steroid dienone is 4. The maximum atomic E-state index is 5.03. The van der Waals surface area contributed by atoms with E-state index in [-0.39, 0.29) is 5.41 Å². The molecule has 2 heteroatoms. The Balaban J connectivity index is 1.12. The Bertz CT molecular complexity index is 2410. The van der Waals surface area contributed by atoms with Crippen molar-refractivity contribution in [2.45, 2.75) is 19.3 Å². The third kappa shape index (κ3) is 6.06. The van der Waals surface area contributed by atoms with Gasteiger partial charge in [0.15, 0.2) is 5.82 Å². The average molecular weight is 655 g/mol. The molecule has 0 saturated heterocycles. The fraction of sp³-hybridized carbons (Fsp3) is 0.0612. The minimum atomic E-state index is -0.00938. The van der Waals surface area contributed by atoms with Crippen molar-refractivity contribution in [1.82, 2.24) is 9.97 Å². The molecule has 0 N–H and O–H groups in total. The second-order valence-electron chi connectivity index (χ2n) is 13.6. The molecule has 0 fully saturated rings. The molecule has 0 aliphatic heterocycles. The van der Waals surface area contributed by atoms with E-state index >= 15 is 0 Å². The van der Waals surface area contributed by atoms with Crippen LogP contribution in [0.15, 0.2) is 183 Å². The largest absolute Gasteiger partial charge is 0.228 e. The number of benzene rings is 6. The summed E-state index contributed by atoms with van der Waals surface area (Å²) < 4.78 is 0. The third-order valence-corrected chi connectivity index (χ3v) is 10.0. The van der Waals surface area contributed by atoms with Crippen LogP contribution in [-0.4, -0.2) is 9.97 Å². The van der Waals surface area contributed by atoms with Gasteiger partial charge in [-0.2, -0.15) is 0 Å². The molecule has 1 aromatic heterocycles. The molecule has 2 nitrogen and oxygen atoms in total. The standard InChI is InChI=1S/C49H38N2/c1-5-34(38-21-15-22-39(30-38)40-26-27-45-43(31-40)42-24-12-13-25-44(42)49(45,3)4)28-33(2)37-20-14-23-41(29-37)47-32-46(35-16-8-6-9-17-35)50-48(51-47)36-18-10-7-11-19-36/h5-32H,1-2H2,3-4H3/b34-28+. The van der Waals surface area contributed by atoms with Crippen molar-refractivity contribution < 1.29 is 0 Å². The van der Waals surface area contributed by atoms with Crippen molar-refractivity contribution in [1.29, 1.82) is 0 Å². The van der Waals surface area contributed by atoms with Crippen LogP contribution < -0.4 is 0 Å². The Morgan fingerprint density at radius 2 is 1.08 bits per heavy atom. The van der Waals surface area contributed by atoms with Crippen molar-refractivity contribution in [3.63, 3.8) is 0 Å². The fourth-order valence-electron chi connectivity index (χ4n) is 7.26. The van der Waals surface area contributed by atoms with E-state index in [0.29, 0.717) is 5.82 Å². The topological polar surface area (TPSA) is 25.8 Å². The number of nitrogens with zero attached hydrogens (tertiary/aromatic N) is 2. The molecule has 0 saturated carbocycles. The Hall–Kier alpha value is -6.38. The first-order chi connectivity index (χ1) is 24.9. The molecule has 0 bridgehead atoms. The molecule has 7 aromatic rings. The molecule has 8 rings (SSSR count). The summed E-state index contributed by atoms with van der Waals surface area (Å²) in [5.41, 5.74) is 16.6. The number of hydrogen-bond acceptors (Lipinski definition) is 2. The zero-order chi connectivity index (χ0) is 35.0. The lowest BCUT2D eigenvalue weighted by atomic mass is 9.82. The van der Waals surface area contributed by atoms with E-state index in [2.05, 4.69) is 142 Å². The van der Waals surface area contributed by atoms with Crippen LogP contribution >= 0.6 is 0 Å². The maximum Gasteiger partial charge on any atom is 0.160 e. The van der Waals surface area contributed by atoms with E-state index in [0.717, 1.165) is 50.4 Å². The van der Waals surface area contributed by atoms with E-state index < -0.39 is 0 Å². The summed E-state index contributed by atoms with van der Waals surface area (Å²) in [5, 5.41) is 0. The molecule has 0 spiro atoms. The highest BCUT2D eigenvalue weighted by Gasteiger charge is 2.35. The second kappa shape index (κ2) is 13.2. The van der Waals surface area contributed by atoms with Gasteiger partial charge in [-0.1, -0.05) is 167 Å². The van der Waals surface area contributed by atoms with Gasteiger partial charge in [0, 0.05) is 22.1 Å². The highest BCUT2D eigenvalue weighted by atomic mass is 14.9. The lowest BCUT2D eigenvalue weighted by Crippen LogP contribution is -2.14. The highest BCUT2D eigenvalue weighted by molar-refractivity contribution is 5.89. The average Bonchev–Trinajstić information content (AvgIpc) is 3.42. The van der Waals surface area contributed by atoms with Crippen LogP contribution in [0.4, 0.5) is 0 Å². The van der Waals surface area contributed by atoms with E-state index in [1.807, 2.05) is 54.6 Å². The molecule has 51 heavy (non-hydrogen) atoms. The van der Waals surface area contributed by atoms with Gasteiger partial charge in [-0.25, -0.2) is 9.97 Å². The van der Waals surface area contributed by atoms with Gasteiger partial charge in [-0.05, 0) is 86.0 Å². The molecule has 1 aliphatic carbocycles. The minimum Gasteiger partial charge on any atom is -0.228 e. The summed E-state index contributed by atoms with van der Waals surface area (Å²) in [6, 6.07) is 55.3. The molecule has 0 unspecified atom stereocenters. The summed E-state index contributed by atoms with van der Waals surface area (Å²) >= 11 is 0. The molecule has 0 amide bonds. The van der Waals surface area contributed by atoms with Gasteiger partial charge in [0.1, 0.15) is 0 Å². The molecule has 0 atom stereocenters. The monoisotopic (exact) mass is 654 g/mol. The van der Waals surface area contributed by atoms with E-state index in [4.69, 9.17) is 9.97 Å².